The van der Waals surface area contributed by atoms with Crippen LogP contribution in [0.2, 0.25) is 0 Å². The van der Waals surface area contributed by atoms with Gasteiger partial charge in [-0.3, -0.25) is 19.8 Å². The minimum atomic E-state index is -0.617. The Morgan fingerprint density at radius 2 is 1.88 bits per heavy atom. The van der Waals surface area contributed by atoms with E-state index in [0.29, 0.717) is 51.5 Å². The van der Waals surface area contributed by atoms with E-state index in [0.717, 1.165) is 6.07 Å². The van der Waals surface area contributed by atoms with Gasteiger partial charge in [-0.2, -0.15) is 0 Å². The molecule has 0 spiro atoms. The van der Waals surface area contributed by atoms with Gasteiger partial charge < -0.3 is 9.80 Å². The van der Waals surface area contributed by atoms with E-state index in [2.05, 4.69) is 0 Å². The summed E-state index contributed by atoms with van der Waals surface area (Å²) < 4.78 is 13.2. The third kappa shape index (κ3) is 4.19. The third-order valence-corrected chi connectivity index (χ3v) is 4.32. The Hall–Kier alpha value is -2.22. The molecular weight excluding hydrogens is 315 g/mol. The third-order valence-electron chi connectivity index (χ3n) is 4.32. The number of carbonyl (C=O) groups excluding carboxylic acids is 1. The number of piperazine rings is 1. The highest BCUT2D eigenvalue weighted by atomic mass is 19.1. The van der Waals surface area contributed by atoms with Gasteiger partial charge in [0.1, 0.15) is 11.5 Å². The van der Waals surface area contributed by atoms with Crippen LogP contribution in [0.1, 0.15) is 13.8 Å². The molecule has 1 saturated heterocycles. The number of rotatable bonds is 6. The first-order valence-electron chi connectivity index (χ1n) is 8.15. The van der Waals surface area contributed by atoms with Crippen molar-refractivity contribution >= 4 is 17.3 Å². The van der Waals surface area contributed by atoms with Crippen LogP contribution in [-0.2, 0) is 4.79 Å². The minimum Gasteiger partial charge on any atom is -0.363 e. The lowest BCUT2D eigenvalue weighted by atomic mass is 10.2. The van der Waals surface area contributed by atoms with E-state index in [1.807, 2.05) is 23.6 Å². The van der Waals surface area contributed by atoms with Crippen molar-refractivity contribution in [3.05, 3.63) is 34.1 Å². The molecule has 0 atom stereocenters. The Morgan fingerprint density at radius 1 is 1.25 bits per heavy atom. The fourth-order valence-electron chi connectivity index (χ4n) is 2.92. The van der Waals surface area contributed by atoms with Crippen molar-refractivity contribution in [1.29, 1.82) is 0 Å². The predicted octanol–water partition coefficient (Wildman–Crippen LogP) is 1.72. The quantitative estimate of drug-likeness (QED) is 0.583. The Balaban J connectivity index is 1.98. The van der Waals surface area contributed by atoms with E-state index in [1.54, 1.807) is 4.90 Å². The topological polar surface area (TPSA) is 69.9 Å². The van der Waals surface area contributed by atoms with Crippen LogP contribution in [-0.4, -0.2) is 66.4 Å². The summed E-state index contributed by atoms with van der Waals surface area (Å²) in [6, 6.07) is 3.63. The first kappa shape index (κ1) is 18.1. The molecule has 1 heterocycles. The molecule has 8 heteroatoms. The normalized spacial score (nSPS) is 15.4. The zero-order valence-corrected chi connectivity index (χ0v) is 14.1. The number of nitrogens with zero attached hydrogens (tertiary/aromatic N) is 4. The Bertz CT molecular complexity index is 599. The van der Waals surface area contributed by atoms with Crippen LogP contribution in [0.25, 0.3) is 0 Å². The summed E-state index contributed by atoms with van der Waals surface area (Å²) >= 11 is 0. The Kier molecular flexibility index (Phi) is 6.08. The SMILES string of the molecule is CCN(CC)C(=O)CN1CCN(c2ccc(F)cc2[N+](=O)[O-])CC1. The maximum Gasteiger partial charge on any atom is 0.295 e. The van der Waals surface area contributed by atoms with Gasteiger partial charge in [0, 0.05) is 39.3 Å². The van der Waals surface area contributed by atoms with Gasteiger partial charge in [-0.05, 0) is 26.0 Å². The highest BCUT2D eigenvalue weighted by Crippen LogP contribution is 2.29. The lowest BCUT2D eigenvalue weighted by Gasteiger charge is -2.36. The molecule has 0 radical (unpaired) electrons. The maximum absolute atomic E-state index is 13.2. The van der Waals surface area contributed by atoms with Crippen LogP contribution in [0.5, 0.6) is 0 Å². The van der Waals surface area contributed by atoms with Gasteiger partial charge in [0.2, 0.25) is 5.91 Å². The summed E-state index contributed by atoms with van der Waals surface area (Å²) in [7, 11) is 0. The molecule has 7 nitrogen and oxygen atoms in total. The number of nitro groups is 1. The molecule has 0 aliphatic carbocycles. The molecule has 1 amide bonds. The summed E-state index contributed by atoms with van der Waals surface area (Å²) in [6.07, 6.45) is 0. The van der Waals surface area contributed by atoms with E-state index in [-0.39, 0.29) is 11.6 Å². The van der Waals surface area contributed by atoms with Crippen molar-refractivity contribution in [1.82, 2.24) is 9.80 Å². The summed E-state index contributed by atoms with van der Waals surface area (Å²) in [6.45, 7) is 8.06. The standard InChI is InChI=1S/C16H23FN4O3/c1-3-19(4-2)16(22)12-18-7-9-20(10-8-18)14-6-5-13(17)11-15(14)21(23)24/h5-6,11H,3-4,7-10,12H2,1-2H3. The number of nitro benzene ring substituents is 1. The molecule has 1 aliphatic rings. The Morgan fingerprint density at radius 3 is 2.42 bits per heavy atom. The number of anilines is 1. The van der Waals surface area contributed by atoms with E-state index < -0.39 is 10.7 Å². The fourth-order valence-corrected chi connectivity index (χ4v) is 2.92. The van der Waals surface area contributed by atoms with Gasteiger partial charge in [0.15, 0.2) is 0 Å². The van der Waals surface area contributed by atoms with Crippen LogP contribution in [0, 0.1) is 15.9 Å². The average molecular weight is 338 g/mol. The van der Waals surface area contributed by atoms with Crippen molar-refractivity contribution in [2.75, 3.05) is 50.7 Å². The first-order chi connectivity index (χ1) is 11.5. The molecule has 1 aromatic carbocycles. The van der Waals surface area contributed by atoms with Crippen molar-refractivity contribution in [3.8, 4) is 0 Å². The summed E-state index contributed by atoms with van der Waals surface area (Å²) in [5.74, 6) is -0.518. The van der Waals surface area contributed by atoms with Gasteiger partial charge in [-0.1, -0.05) is 0 Å². The summed E-state index contributed by atoms with van der Waals surface area (Å²) in [4.78, 5) is 28.4. The molecule has 0 bridgehead atoms. The predicted molar refractivity (Wildman–Crippen MR) is 89.6 cm³/mol. The largest absolute Gasteiger partial charge is 0.363 e. The first-order valence-corrected chi connectivity index (χ1v) is 8.15. The van der Waals surface area contributed by atoms with Gasteiger partial charge in [-0.15, -0.1) is 0 Å². The van der Waals surface area contributed by atoms with Crippen molar-refractivity contribution < 1.29 is 14.1 Å². The second-order valence-electron chi connectivity index (χ2n) is 5.72. The highest BCUT2D eigenvalue weighted by Gasteiger charge is 2.25. The summed E-state index contributed by atoms with van der Waals surface area (Å²) in [5.41, 5.74) is 0.207. The molecular formula is C16H23FN4O3. The highest BCUT2D eigenvalue weighted by molar-refractivity contribution is 5.78. The Labute approximate surface area is 140 Å². The van der Waals surface area contributed by atoms with Gasteiger partial charge in [0.05, 0.1) is 17.5 Å². The monoisotopic (exact) mass is 338 g/mol. The molecule has 1 aliphatic heterocycles. The minimum absolute atomic E-state index is 0.0983. The number of halogens is 1. The zero-order valence-electron chi connectivity index (χ0n) is 14.1. The number of likely N-dealkylation sites (N-methyl/N-ethyl adjacent to an activating group) is 1. The average Bonchev–Trinajstić information content (AvgIpc) is 2.56. The summed E-state index contributed by atoms with van der Waals surface area (Å²) in [5, 5.41) is 11.1. The van der Waals surface area contributed by atoms with Crippen molar-refractivity contribution in [2.24, 2.45) is 0 Å². The molecule has 24 heavy (non-hydrogen) atoms. The van der Waals surface area contributed by atoms with Gasteiger partial charge in [-0.25, -0.2) is 4.39 Å². The molecule has 132 valence electrons. The number of benzene rings is 1. The van der Waals surface area contributed by atoms with E-state index >= 15 is 0 Å². The van der Waals surface area contributed by atoms with Crippen LogP contribution in [0.4, 0.5) is 15.8 Å². The number of hydrogen-bond donors (Lipinski definition) is 0. The second kappa shape index (κ2) is 8.05. The maximum atomic E-state index is 13.2. The lowest BCUT2D eigenvalue weighted by molar-refractivity contribution is -0.384. The van der Waals surface area contributed by atoms with E-state index in [1.165, 1.54) is 12.1 Å². The van der Waals surface area contributed by atoms with E-state index in [9.17, 15) is 19.3 Å². The van der Waals surface area contributed by atoms with Crippen LogP contribution in [0.15, 0.2) is 18.2 Å². The molecule has 0 saturated carbocycles. The molecule has 1 aromatic rings. The fraction of sp³-hybridized carbons (Fsp3) is 0.562. The number of carbonyl (C=O) groups is 1. The molecule has 0 unspecified atom stereocenters. The van der Waals surface area contributed by atoms with Crippen LogP contribution in [0.3, 0.4) is 0 Å². The van der Waals surface area contributed by atoms with Crippen molar-refractivity contribution in [3.63, 3.8) is 0 Å². The second-order valence-corrected chi connectivity index (χ2v) is 5.72. The van der Waals surface area contributed by atoms with E-state index in [4.69, 9.17) is 0 Å². The molecule has 0 N–H and O–H groups in total. The number of hydrogen-bond acceptors (Lipinski definition) is 5. The van der Waals surface area contributed by atoms with Gasteiger partial charge in [0.25, 0.3) is 5.69 Å². The zero-order chi connectivity index (χ0) is 17.7. The smallest absolute Gasteiger partial charge is 0.295 e. The molecule has 2 rings (SSSR count). The number of amides is 1. The molecule has 1 fully saturated rings. The van der Waals surface area contributed by atoms with Crippen LogP contribution < -0.4 is 4.90 Å². The lowest BCUT2D eigenvalue weighted by Crippen LogP contribution is -2.50. The van der Waals surface area contributed by atoms with Gasteiger partial charge >= 0.3 is 0 Å². The molecule has 0 aromatic heterocycles. The van der Waals surface area contributed by atoms with Crippen LogP contribution >= 0.6 is 0 Å². The van der Waals surface area contributed by atoms with Crippen molar-refractivity contribution in [2.45, 2.75) is 13.8 Å².